The first-order valence-corrected chi connectivity index (χ1v) is 30.7. The normalized spacial score (nSPS) is 14.6. The van der Waals surface area contributed by atoms with Gasteiger partial charge in [-0.25, -0.2) is 0 Å². The second-order valence-electron chi connectivity index (χ2n) is 24.6. The summed E-state index contributed by atoms with van der Waals surface area (Å²) in [7, 11) is 2.10. The standard InChI is InChI=1S/C78H72N10O2/c1-49-29-53(5)77(54(6)30-49)57-35-63(41-67(37-57)89-65-17-13-15-61(39-65)83-45-81(9)75-43-79-27-25-71(75)83)87-47-85(69-19-11-12-20-70(69)87)59-21-23-60(24-22-59)86-48-88(74-34-52(4)51(3)33-73(74)86)64-36-58(78-55(7)31-50(2)32-56(78)8)38-68(42-64)90-66-18-14-16-62(40-66)84-46-82(10)76-44-80-28-26-72(76)84/h11-44H,45-48H2,1-10H3/i9D3. The van der Waals surface area contributed by atoms with E-state index in [9.17, 15) is 0 Å². The highest BCUT2D eigenvalue weighted by Gasteiger charge is 2.33. The molecule has 6 heterocycles. The van der Waals surface area contributed by atoms with E-state index in [0.29, 0.717) is 37.2 Å². The van der Waals surface area contributed by atoms with Gasteiger partial charge in [0.25, 0.3) is 0 Å². The number of hydrogen-bond donors (Lipinski definition) is 0. The SMILES string of the molecule is [2H]C([2H])([2H])N1CN(c2cccc(Oc3cc(-c4c(C)cc(C)cc4C)cc(N4CN(c5ccc(N6CN(c7cc(Oc8cccc(N9CN(C)c%10cnccc%109)c8)cc(-c8c(C)cc(C)cc8C)c7)c7cc(C)c(C)cc76)cc5)c5ccccc54)c3)c2)c2ccncc21. The molecule has 0 saturated heterocycles. The summed E-state index contributed by atoms with van der Waals surface area (Å²) in [4.78, 5) is 26.2. The Bertz CT molecular complexity index is 4740. The van der Waals surface area contributed by atoms with Crippen molar-refractivity contribution in [1.82, 2.24) is 9.97 Å². The lowest BCUT2D eigenvalue weighted by Crippen LogP contribution is -2.25. The number of pyridine rings is 2. The summed E-state index contributed by atoms with van der Waals surface area (Å²) in [5.41, 5.74) is 28.2. The highest BCUT2D eigenvalue weighted by atomic mass is 16.5. The van der Waals surface area contributed by atoms with E-state index in [1.165, 1.54) is 55.0 Å². The molecule has 0 unspecified atom stereocenters. The van der Waals surface area contributed by atoms with E-state index in [0.717, 1.165) is 102 Å². The number of hydrogen-bond acceptors (Lipinski definition) is 12. The van der Waals surface area contributed by atoms with Gasteiger partial charge >= 0.3 is 0 Å². The monoisotopic (exact) mass is 1180 g/mol. The highest BCUT2D eigenvalue weighted by molar-refractivity contribution is 5.93. The van der Waals surface area contributed by atoms with Crippen molar-refractivity contribution in [2.75, 3.05) is 79.9 Å². The first-order chi connectivity index (χ1) is 44.9. The van der Waals surface area contributed by atoms with Crippen LogP contribution < -0.4 is 48.7 Å². The number of anilines is 14. The summed E-state index contributed by atoms with van der Waals surface area (Å²) in [5.74, 6) is 2.82. The summed E-state index contributed by atoms with van der Waals surface area (Å²) < 4.78 is 38.9. The molecular formula is C78H72N10O2. The molecule has 12 nitrogen and oxygen atoms in total. The first-order valence-electron chi connectivity index (χ1n) is 32.2. The van der Waals surface area contributed by atoms with Crippen molar-refractivity contribution in [3.8, 4) is 45.3 Å². The summed E-state index contributed by atoms with van der Waals surface area (Å²) in [5, 5.41) is 0. The van der Waals surface area contributed by atoms with Crippen LogP contribution in [0.1, 0.15) is 48.6 Å². The Morgan fingerprint density at radius 2 is 0.711 bits per heavy atom. The Labute approximate surface area is 532 Å². The number of aromatic nitrogens is 2. The van der Waals surface area contributed by atoms with E-state index in [2.05, 4.69) is 247 Å². The Morgan fingerprint density at radius 1 is 0.322 bits per heavy atom. The number of nitrogens with zero attached hydrogens (tertiary/aromatic N) is 10. The van der Waals surface area contributed by atoms with Gasteiger partial charge in [-0.3, -0.25) is 9.97 Å². The number of para-hydroxylation sites is 2. The molecule has 9 aromatic carbocycles. The van der Waals surface area contributed by atoms with Gasteiger partial charge < -0.3 is 48.7 Å². The minimum atomic E-state index is -2.34. The number of benzene rings is 9. The van der Waals surface area contributed by atoms with Crippen LogP contribution in [0.5, 0.6) is 23.0 Å². The summed E-state index contributed by atoms with van der Waals surface area (Å²) >= 11 is 0. The van der Waals surface area contributed by atoms with Gasteiger partial charge in [-0.2, -0.15) is 0 Å². The quantitative estimate of drug-likeness (QED) is 0.117. The van der Waals surface area contributed by atoms with Crippen molar-refractivity contribution in [2.24, 2.45) is 0 Å². The molecule has 15 rings (SSSR count). The predicted octanol–water partition coefficient (Wildman–Crippen LogP) is 19.4. The average Bonchev–Trinajstić information content (AvgIpc) is 1.67. The molecule has 0 radical (unpaired) electrons. The topological polar surface area (TPSA) is 70.2 Å². The van der Waals surface area contributed by atoms with Gasteiger partial charge in [0.05, 0.1) is 71.2 Å². The molecule has 0 spiro atoms. The molecule has 0 N–H and O–H groups in total. The van der Waals surface area contributed by atoms with Crippen molar-refractivity contribution >= 4 is 79.6 Å². The van der Waals surface area contributed by atoms with Crippen molar-refractivity contribution in [3.63, 3.8) is 0 Å². The largest absolute Gasteiger partial charge is 0.457 e. The molecule has 0 fully saturated rings. The second kappa shape index (κ2) is 22.1. The van der Waals surface area contributed by atoms with Gasteiger partial charge in [0.2, 0.25) is 0 Å². The Morgan fingerprint density at radius 3 is 1.18 bits per heavy atom. The molecule has 90 heavy (non-hydrogen) atoms. The number of aryl methyl sites for hydroxylation is 8. The van der Waals surface area contributed by atoms with Crippen LogP contribution in [0.4, 0.5) is 79.6 Å². The zero-order valence-electron chi connectivity index (χ0n) is 55.2. The van der Waals surface area contributed by atoms with E-state index >= 15 is 0 Å². The van der Waals surface area contributed by atoms with Gasteiger partial charge in [0, 0.05) is 88.9 Å². The summed E-state index contributed by atoms with van der Waals surface area (Å²) in [6, 6.07) is 64.8. The molecule has 4 aliphatic rings. The number of fused-ring (bicyclic) bond motifs is 4. The highest BCUT2D eigenvalue weighted by Crippen LogP contribution is 2.51. The van der Waals surface area contributed by atoms with Gasteiger partial charge in [-0.1, -0.05) is 59.7 Å². The molecule has 446 valence electrons. The van der Waals surface area contributed by atoms with E-state index < -0.39 is 6.98 Å². The van der Waals surface area contributed by atoms with Crippen LogP contribution in [0.15, 0.2) is 207 Å². The smallest absolute Gasteiger partial charge is 0.130 e. The Kier molecular flexibility index (Phi) is 12.9. The van der Waals surface area contributed by atoms with Gasteiger partial charge in [-0.05, 0) is 220 Å². The maximum absolute atomic E-state index is 8.30. The van der Waals surface area contributed by atoms with E-state index in [4.69, 9.17) is 13.6 Å². The fourth-order valence-corrected chi connectivity index (χ4v) is 14.1. The summed E-state index contributed by atoms with van der Waals surface area (Å²) in [6.07, 6.45) is 7.09. The number of rotatable bonds is 12. The van der Waals surface area contributed by atoms with Crippen molar-refractivity contribution < 1.29 is 13.6 Å². The maximum Gasteiger partial charge on any atom is 0.130 e. The molecule has 2 aromatic heterocycles. The lowest BCUT2D eigenvalue weighted by atomic mass is 9.93. The molecule has 4 aliphatic heterocycles. The molecular weight excluding hydrogens is 1110 g/mol. The second-order valence-corrected chi connectivity index (χ2v) is 24.6. The third kappa shape index (κ3) is 9.98. The lowest BCUT2D eigenvalue weighted by Gasteiger charge is -2.25. The van der Waals surface area contributed by atoms with Gasteiger partial charge in [-0.15, -0.1) is 0 Å². The predicted molar refractivity (Wildman–Crippen MR) is 372 cm³/mol. The maximum atomic E-state index is 8.30. The molecule has 11 aromatic rings. The molecule has 0 aliphatic carbocycles. The molecule has 12 heteroatoms. The Hall–Kier alpha value is -10.7. The fourth-order valence-electron chi connectivity index (χ4n) is 14.1. The lowest BCUT2D eigenvalue weighted by molar-refractivity contribution is 0.482. The third-order valence-electron chi connectivity index (χ3n) is 18.2. The zero-order chi connectivity index (χ0) is 64.1. The first kappa shape index (κ1) is 52.4. The molecule has 0 saturated carbocycles. The summed E-state index contributed by atoms with van der Waals surface area (Å²) in [6.45, 7) is 17.1. The third-order valence-corrected chi connectivity index (χ3v) is 18.2. The van der Waals surface area contributed by atoms with E-state index in [1.807, 2.05) is 53.7 Å². The van der Waals surface area contributed by atoms with Crippen LogP contribution >= 0.6 is 0 Å². The average molecular weight is 1180 g/mol. The minimum Gasteiger partial charge on any atom is -0.457 e. The molecule has 0 atom stereocenters. The van der Waals surface area contributed by atoms with Crippen LogP contribution in [0.2, 0.25) is 0 Å². The van der Waals surface area contributed by atoms with Crippen LogP contribution in [0, 0.1) is 55.4 Å². The Balaban J connectivity index is 0.749. The van der Waals surface area contributed by atoms with Crippen LogP contribution in [0.25, 0.3) is 22.3 Å². The van der Waals surface area contributed by atoms with Crippen LogP contribution in [0.3, 0.4) is 0 Å². The van der Waals surface area contributed by atoms with E-state index in [-0.39, 0.29) is 6.67 Å². The van der Waals surface area contributed by atoms with Crippen molar-refractivity contribution in [3.05, 3.63) is 251 Å². The minimum absolute atomic E-state index is 0.149. The van der Waals surface area contributed by atoms with Crippen LogP contribution in [-0.4, -0.2) is 50.7 Å². The van der Waals surface area contributed by atoms with Crippen molar-refractivity contribution in [1.29, 1.82) is 0 Å². The van der Waals surface area contributed by atoms with Crippen LogP contribution in [-0.2, 0) is 0 Å². The van der Waals surface area contributed by atoms with Crippen molar-refractivity contribution in [2.45, 2.75) is 55.4 Å². The molecule has 0 amide bonds. The fraction of sp³-hybridized carbons (Fsp3) is 0.179. The zero-order valence-corrected chi connectivity index (χ0v) is 52.2. The van der Waals surface area contributed by atoms with Gasteiger partial charge in [0.1, 0.15) is 36.3 Å². The van der Waals surface area contributed by atoms with Gasteiger partial charge in [0.15, 0.2) is 0 Å². The van der Waals surface area contributed by atoms with E-state index in [1.54, 1.807) is 12.4 Å². The molecule has 0 bridgehead atoms. The number of ether oxygens (including phenoxy) is 2.